The van der Waals surface area contributed by atoms with Crippen LogP contribution in [0.3, 0.4) is 0 Å². The summed E-state index contributed by atoms with van der Waals surface area (Å²) >= 11 is 0. The Hall–Kier alpha value is -2.21. The van der Waals surface area contributed by atoms with Gasteiger partial charge in [0.1, 0.15) is 5.82 Å². The van der Waals surface area contributed by atoms with Crippen LogP contribution in [0.2, 0.25) is 0 Å². The van der Waals surface area contributed by atoms with Crippen molar-refractivity contribution in [2.45, 2.75) is 17.7 Å². The van der Waals surface area contributed by atoms with Gasteiger partial charge in [0.15, 0.2) is 0 Å². The number of pyridine rings is 1. The molecule has 1 aliphatic rings. The molecule has 1 saturated heterocycles. The molecular formula is C18H21N3O2S. The standard InChI is InChI=1S/C18H21N3O2S/c22-18(19-10-13-24(23)16-6-2-1-3-7-16)15-8-9-17(20-14-15)21-11-4-5-12-21/h1-3,6-9,14H,4-5,10-13H2,(H,19,22)/t24-/m0/s1. The summed E-state index contributed by atoms with van der Waals surface area (Å²) in [6, 6.07) is 13.0. The summed E-state index contributed by atoms with van der Waals surface area (Å²) in [5.74, 6) is 1.14. The monoisotopic (exact) mass is 343 g/mol. The molecule has 0 aliphatic carbocycles. The number of amides is 1. The van der Waals surface area contributed by atoms with Crippen LogP contribution in [-0.2, 0) is 10.8 Å². The van der Waals surface area contributed by atoms with E-state index in [1.807, 2.05) is 36.4 Å². The Balaban J connectivity index is 1.49. The number of benzene rings is 1. The van der Waals surface area contributed by atoms with Crippen LogP contribution < -0.4 is 10.2 Å². The molecule has 0 bridgehead atoms. The second kappa shape index (κ2) is 8.06. The fourth-order valence-electron chi connectivity index (χ4n) is 2.70. The van der Waals surface area contributed by atoms with E-state index in [0.29, 0.717) is 17.9 Å². The number of carbonyl (C=O) groups is 1. The summed E-state index contributed by atoms with van der Waals surface area (Å²) in [6.07, 6.45) is 4.00. The molecule has 1 aromatic carbocycles. The van der Waals surface area contributed by atoms with Gasteiger partial charge in [0.25, 0.3) is 5.91 Å². The van der Waals surface area contributed by atoms with Gasteiger partial charge >= 0.3 is 0 Å². The number of anilines is 1. The molecule has 126 valence electrons. The molecule has 3 rings (SSSR count). The summed E-state index contributed by atoms with van der Waals surface area (Å²) in [4.78, 5) is 19.5. The summed E-state index contributed by atoms with van der Waals surface area (Å²) < 4.78 is 12.1. The highest BCUT2D eigenvalue weighted by Gasteiger charge is 2.14. The smallest absolute Gasteiger partial charge is 0.252 e. The van der Waals surface area contributed by atoms with Crippen LogP contribution >= 0.6 is 0 Å². The van der Waals surface area contributed by atoms with E-state index in [-0.39, 0.29) is 5.91 Å². The first-order chi connectivity index (χ1) is 11.7. The van der Waals surface area contributed by atoms with E-state index in [9.17, 15) is 9.00 Å². The molecule has 2 heterocycles. The van der Waals surface area contributed by atoms with Crippen molar-refractivity contribution < 1.29 is 9.00 Å². The molecule has 1 N–H and O–H groups in total. The first-order valence-electron chi connectivity index (χ1n) is 8.17. The highest BCUT2D eigenvalue weighted by atomic mass is 32.2. The average molecular weight is 343 g/mol. The van der Waals surface area contributed by atoms with Gasteiger partial charge in [-0.25, -0.2) is 4.98 Å². The third-order valence-electron chi connectivity index (χ3n) is 4.02. The topological polar surface area (TPSA) is 62.3 Å². The van der Waals surface area contributed by atoms with E-state index >= 15 is 0 Å². The maximum atomic E-state index is 12.1. The van der Waals surface area contributed by atoms with Gasteiger partial charge in [-0.15, -0.1) is 0 Å². The van der Waals surface area contributed by atoms with Gasteiger partial charge in [0.05, 0.1) is 16.4 Å². The first-order valence-corrected chi connectivity index (χ1v) is 9.48. The maximum Gasteiger partial charge on any atom is 0.252 e. The van der Waals surface area contributed by atoms with Crippen LogP contribution in [0.5, 0.6) is 0 Å². The molecular weight excluding hydrogens is 322 g/mol. The highest BCUT2D eigenvalue weighted by Crippen LogP contribution is 2.17. The normalized spacial score (nSPS) is 15.2. The van der Waals surface area contributed by atoms with Crippen molar-refractivity contribution in [3.63, 3.8) is 0 Å². The molecule has 24 heavy (non-hydrogen) atoms. The molecule has 1 aromatic heterocycles. The molecule has 1 atom stereocenters. The Labute approximate surface area is 144 Å². The molecule has 0 radical (unpaired) electrons. The second-order valence-electron chi connectivity index (χ2n) is 5.72. The molecule has 2 aromatic rings. The van der Waals surface area contributed by atoms with E-state index in [2.05, 4.69) is 15.2 Å². The fraction of sp³-hybridized carbons (Fsp3) is 0.333. The van der Waals surface area contributed by atoms with Crippen LogP contribution in [0.15, 0.2) is 53.6 Å². The Morgan fingerprint density at radius 2 is 1.88 bits per heavy atom. The SMILES string of the molecule is O=C(NCC[S@](=O)c1ccccc1)c1ccc(N2CCCC2)nc1. The number of hydrogen-bond acceptors (Lipinski definition) is 4. The number of rotatable bonds is 6. The largest absolute Gasteiger partial charge is 0.357 e. The zero-order chi connectivity index (χ0) is 16.8. The van der Waals surface area contributed by atoms with Gasteiger partial charge in [-0.1, -0.05) is 18.2 Å². The van der Waals surface area contributed by atoms with E-state index in [0.717, 1.165) is 23.8 Å². The van der Waals surface area contributed by atoms with Gasteiger partial charge in [-0.05, 0) is 37.1 Å². The van der Waals surface area contributed by atoms with Crippen molar-refractivity contribution in [1.29, 1.82) is 0 Å². The van der Waals surface area contributed by atoms with Crippen LogP contribution in [0.1, 0.15) is 23.2 Å². The predicted octanol–water partition coefficient (Wildman–Crippen LogP) is 2.22. The number of hydrogen-bond donors (Lipinski definition) is 1. The number of nitrogens with zero attached hydrogens (tertiary/aromatic N) is 2. The Kier molecular flexibility index (Phi) is 5.59. The molecule has 6 heteroatoms. The molecule has 1 aliphatic heterocycles. The molecule has 0 unspecified atom stereocenters. The second-order valence-corrected chi connectivity index (χ2v) is 7.29. The summed E-state index contributed by atoms with van der Waals surface area (Å²) in [7, 11) is -1.10. The minimum absolute atomic E-state index is 0.180. The lowest BCUT2D eigenvalue weighted by Crippen LogP contribution is -2.28. The van der Waals surface area contributed by atoms with Crippen LogP contribution in [0.4, 0.5) is 5.82 Å². The number of aromatic nitrogens is 1. The van der Waals surface area contributed by atoms with E-state index in [1.165, 1.54) is 12.8 Å². The molecule has 5 nitrogen and oxygen atoms in total. The zero-order valence-corrected chi connectivity index (χ0v) is 14.3. The van der Waals surface area contributed by atoms with Gasteiger partial charge in [-0.3, -0.25) is 9.00 Å². The van der Waals surface area contributed by atoms with Gasteiger partial charge in [0, 0.05) is 36.5 Å². The van der Waals surface area contributed by atoms with E-state index in [4.69, 9.17) is 0 Å². The van der Waals surface area contributed by atoms with Crippen molar-refractivity contribution in [1.82, 2.24) is 10.3 Å². The summed E-state index contributed by atoms with van der Waals surface area (Å²) in [6.45, 7) is 2.43. The van der Waals surface area contributed by atoms with Crippen molar-refractivity contribution in [3.05, 3.63) is 54.2 Å². The van der Waals surface area contributed by atoms with Crippen LogP contribution in [-0.4, -0.2) is 40.5 Å². The van der Waals surface area contributed by atoms with Crippen molar-refractivity contribution >= 4 is 22.5 Å². The van der Waals surface area contributed by atoms with Gasteiger partial charge in [0.2, 0.25) is 0 Å². The minimum Gasteiger partial charge on any atom is -0.357 e. The molecule has 1 amide bonds. The lowest BCUT2D eigenvalue weighted by molar-refractivity contribution is 0.0956. The fourth-order valence-corrected chi connectivity index (χ4v) is 3.69. The third-order valence-corrected chi connectivity index (χ3v) is 5.39. The average Bonchev–Trinajstić information content (AvgIpc) is 3.17. The highest BCUT2D eigenvalue weighted by molar-refractivity contribution is 7.85. The van der Waals surface area contributed by atoms with Crippen molar-refractivity contribution in [2.75, 3.05) is 30.3 Å². The Morgan fingerprint density at radius 1 is 1.12 bits per heavy atom. The number of carbonyl (C=O) groups excluding carboxylic acids is 1. The van der Waals surface area contributed by atoms with Gasteiger partial charge < -0.3 is 10.2 Å². The predicted molar refractivity (Wildman–Crippen MR) is 95.7 cm³/mol. The first kappa shape index (κ1) is 16.6. The van der Waals surface area contributed by atoms with E-state index in [1.54, 1.807) is 12.3 Å². The third kappa shape index (κ3) is 4.20. The summed E-state index contributed by atoms with van der Waals surface area (Å²) in [5, 5.41) is 2.80. The lowest BCUT2D eigenvalue weighted by Gasteiger charge is -2.16. The van der Waals surface area contributed by atoms with Gasteiger partial charge in [-0.2, -0.15) is 0 Å². The maximum absolute atomic E-state index is 12.1. The molecule has 1 fully saturated rings. The van der Waals surface area contributed by atoms with Crippen molar-refractivity contribution in [3.8, 4) is 0 Å². The van der Waals surface area contributed by atoms with E-state index < -0.39 is 10.8 Å². The Bertz CT molecular complexity index is 698. The van der Waals surface area contributed by atoms with Crippen LogP contribution in [0.25, 0.3) is 0 Å². The zero-order valence-electron chi connectivity index (χ0n) is 13.5. The molecule has 0 saturated carbocycles. The summed E-state index contributed by atoms with van der Waals surface area (Å²) in [5.41, 5.74) is 0.531. The quantitative estimate of drug-likeness (QED) is 0.874. The number of nitrogens with one attached hydrogen (secondary N) is 1. The Morgan fingerprint density at radius 3 is 2.54 bits per heavy atom. The minimum atomic E-state index is -1.10. The van der Waals surface area contributed by atoms with Crippen molar-refractivity contribution in [2.24, 2.45) is 0 Å². The lowest BCUT2D eigenvalue weighted by atomic mass is 10.2. The van der Waals surface area contributed by atoms with Crippen LogP contribution in [0, 0.1) is 0 Å². The molecule has 0 spiro atoms.